The van der Waals surface area contributed by atoms with E-state index in [0.29, 0.717) is 0 Å². The van der Waals surface area contributed by atoms with Crippen LogP contribution in [0.5, 0.6) is 5.88 Å². The molecule has 1 heterocycles. The van der Waals surface area contributed by atoms with E-state index >= 15 is 0 Å². The van der Waals surface area contributed by atoms with Crippen LogP contribution in [0.4, 0.5) is 0 Å². The molecule has 2 aliphatic rings. The first-order chi connectivity index (χ1) is 16.3. The lowest BCUT2D eigenvalue weighted by atomic mass is 9.94. The molecule has 2 aliphatic carbocycles. The van der Waals surface area contributed by atoms with E-state index < -0.39 is 21.3 Å². The Morgan fingerprint density at radius 2 is 1.44 bits per heavy atom. The van der Waals surface area contributed by atoms with Crippen LogP contribution in [0.2, 0.25) is 0 Å². The molecule has 0 bridgehead atoms. The molecule has 1 aromatic carbocycles. The van der Waals surface area contributed by atoms with Crippen LogP contribution in [-0.4, -0.2) is 28.9 Å². The number of hydrogen-bond donors (Lipinski definition) is 2. The summed E-state index contributed by atoms with van der Waals surface area (Å²) < 4.78 is 25.6. The van der Waals surface area contributed by atoms with E-state index in [-0.39, 0.29) is 35.0 Å². The van der Waals surface area contributed by atoms with E-state index in [9.17, 15) is 23.1 Å². The highest BCUT2D eigenvalue weighted by atomic mass is 32.2. The van der Waals surface area contributed by atoms with Crippen molar-refractivity contribution in [3.05, 3.63) is 56.2 Å². The zero-order valence-corrected chi connectivity index (χ0v) is 20.0. The average molecular weight is 489 g/mol. The molecule has 3 N–H and O–H groups in total. The second-order valence-electron chi connectivity index (χ2n) is 9.31. The summed E-state index contributed by atoms with van der Waals surface area (Å²) in [6.07, 6.45) is 10.6. The maximum atomic E-state index is 13.4. The molecule has 0 unspecified atom stereocenters. The second-order valence-corrected chi connectivity index (χ2v) is 10.9. The van der Waals surface area contributed by atoms with Crippen molar-refractivity contribution in [2.75, 3.05) is 0 Å². The van der Waals surface area contributed by atoms with Gasteiger partial charge in [-0.1, -0.05) is 50.7 Å². The van der Waals surface area contributed by atoms with Crippen molar-refractivity contribution in [2.45, 2.75) is 87.7 Å². The van der Waals surface area contributed by atoms with E-state index in [4.69, 9.17) is 5.14 Å². The topological polar surface area (TPSA) is 137 Å². The molecule has 0 radical (unpaired) electrons. The number of benzene rings is 1. The lowest BCUT2D eigenvalue weighted by Gasteiger charge is -2.29. The number of sulfonamides is 1. The molecule has 4 rings (SSSR count). The third-order valence-corrected chi connectivity index (χ3v) is 7.89. The normalized spacial score (nSPS) is 18.5. The van der Waals surface area contributed by atoms with Gasteiger partial charge in [-0.3, -0.25) is 18.9 Å². The van der Waals surface area contributed by atoms with Crippen molar-refractivity contribution in [2.24, 2.45) is 10.1 Å². The molecule has 9 nitrogen and oxygen atoms in total. The van der Waals surface area contributed by atoms with E-state index in [1.807, 2.05) is 0 Å². The highest BCUT2D eigenvalue weighted by Crippen LogP contribution is 2.31. The lowest BCUT2D eigenvalue weighted by Crippen LogP contribution is -2.45. The third-order valence-electron chi connectivity index (χ3n) is 6.96. The van der Waals surface area contributed by atoms with Crippen LogP contribution in [0.25, 0.3) is 0 Å². The van der Waals surface area contributed by atoms with Gasteiger partial charge in [0.25, 0.3) is 5.56 Å². The van der Waals surface area contributed by atoms with Gasteiger partial charge in [0.1, 0.15) is 5.56 Å². The van der Waals surface area contributed by atoms with Gasteiger partial charge in [0.2, 0.25) is 15.9 Å². The van der Waals surface area contributed by atoms with Crippen LogP contribution in [-0.2, 0) is 16.6 Å². The first-order valence-electron chi connectivity index (χ1n) is 12.0. The Labute approximate surface area is 199 Å². The van der Waals surface area contributed by atoms with Gasteiger partial charge in [0, 0.05) is 18.3 Å². The van der Waals surface area contributed by atoms with Gasteiger partial charge in [-0.05, 0) is 43.4 Å². The summed E-state index contributed by atoms with van der Waals surface area (Å²) in [6.45, 7) is 0.176. The third kappa shape index (κ3) is 5.17. The van der Waals surface area contributed by atoms with Gasteiger partial charge >= 0.3 is 5.69 Å². The zero-order chi connectivity index (χ0) is 24.3. The summed E-state index contributed by atoms with van der Waals surface area (Å²) >= 11 is 0. The Balaban J connectivity index is 1.70. The molecule has 1 aromatic heterocycles. The van der Waals surface area contributed by atoms with Crippen LogP contribution in [0.1, 0.15) is 87.4 Å². The molecular weight excluding hydrogens is 456 g/mol. The average Bonchev–Trinajstić information content (AvgIpc) is 2.82. The first-order valence-corrected chi connectivity index (χ1v) is 13.5. The van der Waals surface area contributed by atoms with Crippen molar-refractivity contribution < 1.29 is 13.5 Å². The van der Waals surface area contributed by atoms with Crippen LogP contribution >= 0.6 is 0 Å². The summed E-state index contributed by atoms with van der Waals surface area (Å²) in [4.78, 5) is 31.1. The van der Waals surface area contributed by atoms with Gasteiger partial charge in [0.05, 0.1) is 11.4 Å². The summed E-state index contributed by atoms with van der Waals surface area (Å²) in [7, 11) is -3.78. The summed E-state index contributed by atoms with van der Waals surface area (Å²) in [5, 5.41) is 16.2. The van der Waals surface area contributed by atoms with Gasteiger partial charge in [-0.15, -0.1) is 0 Å². The van der Waals surface area contributed by atoms with Gasteiger partial charge in [-0.2, -0.15) is 0 Å². The fourth-order valence-electron chi connectivity index (χ4n) is 5.12. The number of rotatable bonds is 6. The lowest BCUT2D eigenvalue weighted by molar-refractivity contribution is 0.271. The molecule has 0 aliphatic heterocycles. The minimum absolute atomic E-state index is 0.00722. The predicted octanol–water partition coefficient (Wildman–Crippen LogP) is 2.99. The standard InChI is InChI=1S/C24H32N4O5S/c25-34(32,33)20-13-11-17(12-14-20)15-26-16-21-22(29)27(18-7-3-1-4-8-18)24(31)28(23(21)30)19-9-5-2-6-10-19/h11-14,16,18-19,29H,1-10,15H2,(H2,25,32,33). The molecule has 2 aromatic rings. The van der Waals surface area contributed by atoms with Crippen molar-refractivity contribution >= 4 is 16.2 Å². The Kier molecular flexibility index (Phi) is 7.37. The van der Waals surface area contributed by atoms with Crippen LogP contribution in [0.15, 0.2) is 43.7 Å². The molecule has 0 amide bonds. The summed E-state index contributed by atoms with van der Waals surface area (Å²) in [6, 6.07) is 5.70. The molecule has 2 saturated carbocycles. The summed E-state index contributed by atoms with van der Waals surface area (Å²) in [5.74, 6) is -0.317. The minimum atomic E-state index is -3.78. The highest BCUT2D eigenvalue weighted by molar-refractivity contribution is 7.89. The summed E-state index contributed by atoms with van der Waals surface area (Å²) in [5.41, 5.74) is -0.180. The monoisotopic (exact) mass is 488 g/mol. The quantitative estimate of drug-likeness (QED) is 0.602. The van der Waals surface area contributed by atoms with Crippen molar-refractivity contribution in [3.8, 4) is 5.88 Å². The van der Waals surface area contributed by atoms with Crippen LogP contribution in [0.3, 0.4) is 0 Å². The Hall–Kier alpha value is -2.72. The molecule has 2 fully saturated rings. The fourth-order valence-corrected chi connectivity index (χ4v) is 5.63. The fraction of sp³-hybridized carbons (Fsp3) is 0.542. The van der Waals surface area contributed by atoms with Crippen molar-refractivity contribution in [1.29, 1.82) is 0 Å². The van der Waals surface area contributed by atoms with Gasteiger partial charge in [-0.25, -0.2) is 18.4 Å². The van der Waals surface area contributed by atoms with Gasteiger partial charge < -0.3 is 5.11 Å². The number of aromatic nitrogens is 2. The van der Waals surface area contributed by atoms with E-state index in [0.717, 1.165) is 69.8 Å². The number of aliphatic imine (C=N–C) groups is 1. The van der Waals surface area contributed by atoms with Crippen LogP contribution < -0.4 is 16.4 Å². The van der Waals surface area contributed by atoms with Crippen molar-refractivity contribution in [1.82, 2.24) is 9.13 Å². The van der Waals surface area contributed by atoms with E-state index in [1.54, 1.807) is 12.1 Å². The number of nitrogens with zero attached hydrogens (tertiary/aromatic N) is 3. The maximum Gasteiger partial charge on any atom is 0.334 e. The number of nitrogens with two attached hydrogens (primary N) is 1. The second kappa shape index (κ2) is 10.3. The molecular formula is C24H32N4O5S. The zero-order valence-electron chi connectivity index (χ0n) is 19.2. The molecule has 10 heteroatoms. The van der Waals surface area contributed by atoms with E-state index in [2.05, 4.69) is 4.99 Å². The Morgan fingerprint density at radius 3 is 1.97 bits per heavy atom. The van der Waals surface area contributed by atoms with Crippen molar-refractivity contribution in [3.63, 3.8) is 0 Å². The first kappa shape index (κ1) is 24.4. The molecule has 184 valence electrons. The Morgan fingerprint density at radius 1 is 0.912 bits per heavy atom. The smallest absolute Gasteiger partial charge is 0.334 e. The number of primary sulfonamides is 1. The predicted molar refractivity (Wildman–Crippen MR) is 130 cm³/mol. The minimum Gasteiger partial charge on any atom is -0.494 e. The number of hydrogen-bond acceptors (Lipinski definition) is 6. The largest absolute Gasteiger partial charge is 0.494 e. The molecule has 0 atom stereocenters. The van der Waals surface area contributed by atoms with E-state index in [1.165, 1.54) is 27.5 Å². The molecule has 0 saturated heterocycles. The maximum absolute atomic E-state index is 13.4. The van der Waals surface area contributed by atoms with Crippen LogP contribution in [0, 0.1) is 0 Å². The Bertz CT molecular complexity index is 1270. The highest BCUT2D eigenvalue weighted by Gasteiger charge is 2.28. The number of aromatic hydroxyl groups is 1. The van der Waals surface area contributed by atoms with Gasteiger partial charge in [0.15, 0.2) is 0 Å². The molecule has 0 spiro atoms. The SMILES string of the molecule is NS(=O)(=O)c1ccc(CN=Cc2c(O)n(C3CCCCC3)c(=O)n(C3CCCCC3)c2=O)cc1. The molecule has 34 heavy (non-hydrogen) atoms.